The smallest absolute Gasteiger partial charge is 0.0720 e. The summed E-state index contributed by atoms with van der Waals surface area (Å²) >= 11 is 0. The Hall–Kier alpha value is -0.300. The van der Waals surface area contributed by atoms with E-state index < -0.39 is 0 Å². The Morgan fingerprint density at radius 1 is 1.44 bits per heavy atom. The van der Waals surface area contributed by atoms with Crippen molar-refractivity contribution in [2.45, 2.75) is 65.9 Å². The second kappa shape index (κ2) is 5.86. The molecule has 0 bridgehead atoms. The van der Waals surface area contributed by atoms with Gasteiger partial charge in [0.25, 0.3) is 0 Å². The zero-order valence-corrected chi connectivity index (χ0v) is 11.4. The van der Waals surface area contributed by atoms with Crippen LogP contribution in [0.2, 0.25) is 0 Å². The van der Waals surface area contributed by atoms with Crippen molar-refractivity contribution < 1.29 is 5.11 Å². The van der Waals surface area contributed by atoms with Crippen LogP contribution in [-0.4, -0.2) is 11.2 Å². The Morgan fingerprint density at radius 3 is 2.69 bits per heavy atom. The van der Waals surface area contributed by atoms with Gasteiger partial charge in [-0.15, -0.1) is 0 Å². The van der Waals surface area contributed by atoms with E-state index in [4.69, 9.17) is 0 Å². The largest absolute Gasteiger partial charge is 0.389 e. The summed E-state index contributed by atoms with van der Waals surface area (Å²) in [5.74, 6) is 1.39. The minimum atomic E-state index is -0.241. The number of hydrogen-bond donors (Lipinski definition) is 1. The standard InChI is InChI=1S/C15H28O/c1-5-7-13(16)9-10-14-12(2)8-6-11-15(14,3)4/h9-10,12-14,16H,5-8,11H2,1-4H3/b10-9-. The highest BCUT2D eigenvalue weighted by atomic mass is 16.3. The molecule has 0 aromatic heterocycles. The molecule has 1 nitrogen and oxygen atoms in total. The number of rotatable bonds is 4. The van der Waals surface area contributed by atoms with Gasteiger partial charge in [-0.1, -0.05) is 59.1 Å². The lowest BCUT2D eigenvalue weighted by Crippen LogP contribution is -2.32. The average Bonchev–Trinajstić information content (AvgIpc) is 2.16. The van der Waals surface area contributed by atoms with E-state index in [0.29, 0.717) is 11.3 Å². The van der Waals surface area contributed by atoms with Crippen LogP contribution in [0.1, 0.15) is 59.8 Å². The van der Waals surface area contributed by atoms with Gasteiger partial charge in [-0.25, -0.2) is 0 Å². The Balaban J connectivity index is 2.61. The molecule has 1 aliphatic rings. The highest BCUT2D eigenvalue weighted by Gasteiger charge is 2.34. The lowest BCUT2D eigenvalue weighted by Gasteiger charge is -2.41. The quantitative estimate of drug-likeness (QED) is 0.711. The third-order valence-electron chi connectivity index (χ3n) is 4.12. The first-order chi connectivity index (χ1) is 7.47. The van der Waals surface area contributed by atoms with Gasteiger partial charge in [0.1, 0.15) is 0 Å². The molecule has 3 unspecified atom stereocenters. The summed E-state index contributed by atoms with van der Waals surface area (Å²) in [5.41, 5.74) is 0.403. The summed E-state index contributed by atoms with van der Waals surface area (Å²) in [6, 6.07) is 0. The van der Waals surface area contributed by atoms with Crippen molar-refractivity contribution in [2.24, 2.45) is 17.3 Å². The van der Waals surface area contributed by atoms with Crippen molar-refractivity contribution in [1.82, 2.24) is 0 Å². The highest BCUT2D eigenvalue weighted by molar-refractivity contribution is 5.02. The third-order valence-corrected chi connectivity index (χ3v) is 4.12. The van der Waals surface area contributed by atoms with E-state index in [2.05, 4.69) is 33.8 Å². The first-order valence-electron chi connectivity index (χ1n) is 6.83. The summed E-state index contributed by atoms with van der Waals surface area (Å²) in [7, 11) is 0. The van der Waals surface area contributed by atoms with E-state index in [0.717, 1.165) is 18.8 Å². The fraction of sp³-hybridized carbons (Fsp3) is 0.867. The first kappa shape index (κ1) is 13.8. The molecule has 0 heterocycles. The molecule has 1 fully saturated rings. The van der Waals surface area contributed by atoms with E-state index >= 15 is 0 Å². The van der Waals surface area contributed by atoms with Gasteiger partial charge in [-0.2, -0.15) is 0 Å². The van der Waals surface area contributed by atoms with Crippen molar-refractivity contribution >= 4 is 0 Å². The van der Waals surface area contributed by atoms with Gasteiger partial charge in [-0.3, -0.25) is 0 Å². The van der Waals surface area contributed by atoms with Crippen LogP contribution in [0.4, 0.5) is 0 Å². The molecule has 3 atom stereocenters. The second-order valence-electron chi connectivity index (χ2n) is 6.12. The lowest BCUT2D eigenvalue weighted by atomic mass is 9.64. The van der Waals surface area contributed by atoms with Crippen LogP contribution in [0.5, 0.6) is 0 Å². The summed E-state index contributed by atoms with van der Waals surface area (Å²) in [5, 5.41) is 9.75. The molecule has 0 spiro atoms. The Morgan fingerprint density at radius 2 is 2.12 bits per heavy atom. The number of hydrogen-bond acceptors (Lipinski definition) is 1. The van der Waals surface area contributed by atoms with Gasteiger partial charge in [0, 0.05) is 0 Å². The summed E-state index contributed by atoms with van der Waals surface area (Å²) in [6.07, 6.45) is 10.0. The van der Waals surface area contributed by atoms with Gasteiger partial charge in [-0.05, 0) is 30.1 Å². The maximum absolute atomic E-state index is 9.75. The van der Waals surface area contributed by atoms with Crippen LogP contribution in [0, 0.1) is 17.3 Å². The molecule has 0 aromatic carbocycles. The number of allylic oxidation sites excluding steroid dienone is 1. The highest BCUT2D eigenvalue weighted by Crippen LogP contribution is 2.44. The molecule has 1 N–H and O–H groups in total. The minimum absolute atomic E-state index is 0.241. The maximum atomic E-state index is 9.75. The molecule has 0 aliphatic heterocycles. The van der Waals surface area contributed by atoms with Crippen molar-refractivity contribution in [3.05, 3.63) is 12.2 Å². The molecule has 16 heavy (non-hydrogen) atoms. The van der Waals surface area contributed by atoms with E-state index in [9.17, 15) is 5.11 Å². The molecule has 0 radical (unpaired) electrons. The van der Waals surface area contributed by atoms with Crippen LogP contribution in [0.15, 0.2) is 12.2 Å². The van der Waals surface area contributed by atoms with E-state index in [1.54, 1.807) is 0 Å². The average molecular weight is 224 g/mol. The normalized spacial score (nSPS) is 31.8. The van der Waals surface area contributed by atoms with Gasteiger partial charge in [0.2, 0.25) is 0 Å². The second-order valence-corrected chi connectivity index (χ2v) is 6.12. The third kappa shape index (κ3) is 3.62. The summed E-state index contributed by atoms with van der Waals surface area (Å²) < 4.78 is 0. The molecule has 0 aromatic rings. The van der Waals surface area contributed by atoms with Gasteiger partial charge in [0.05, 0.1) is 6.10 Å². The fourth-order valence-corrected chi connectivity index (χ4v) is 3.09. The maximum Gasteiger partial charge on any atom is 0.0720 e. The van der Waals surface area contributed by atoms with Crippen molar-refractivity contribution in [3.8, 4) is 0 Å². The molecule has 94 valence electrons. The van der Waals surface area contributed by atoms with E-state index in [1.165, 1.54) is 19.3 Å². The SMILES string of the molecule is CCCC(O)/C=C\C1C(C)CCCC1(C)C. The number of aliphatic hydroxyl groups is 1. The van der Waals surface area contributed by atoms with Gasteiger partial charge in [0.15, 0.2) is 0 Å². The van der Waals surface area contributed by atoms with Crippen molar-refractivity contribution in [3.63, 3.8) is 0 Å². The van der Waals surface area contributed by atoms with Crippen molar-refractivity contribution in [1.29, 1.82) is 0 Å². The topological polar surface area (TPSA) is 20.2 Å². The van der Waals surface area contributed by atoms with Crippen LogP contribution < -0.4 is 0 Å². The summed E-state index contributed by atoms with van der Waals surface area (Å²) in [6.45, 7) is 9.19. The van der Waals surface area contributed by atoms with Crippen LogP contribution >= 0.6 is 0 Å². The zero-order chi connectivity index (χ0) is 12.2. The molecule has 1 aliphatic carbocycles. The summed E-state index contributed by atoms with van der Waals surface area (Å²) in [4.78, 5) is 0. The zero-order valence-electron chi connectivity index (χ0n) is 11.4. The van der Waals surface area contributed by atoms with Crippen molar-refractivity contribution in [2.75, 3.05) is 0 Å². The number of aliphatic hydroxyl groups excluding tert-OH is 1. The lowest BCUT2D eigenvalue weighted by molar-refractivity contribution is 0.121. The molecule has 1 saturated carbocycles. The molecular weight excluding hydrogens is 196 g/mol. The predicted molar refractivity (Wildman–Crippen MR) is 70.3 cm³/mol. The van der Waals surface area contributed by atoms with Crippen LogP contribution in [0.25, 0.3) is 0 Å². The van der Waals surface area contributed by atoms with Gasteiger partial charge < -0.3 is 5.11 Å². The van der Waals surface area contributed by atoms with Crippen LogP contribution in [0.3, 0.4) is 0 Å². The first-order valence-corrected chi connectivity index (χ1v) is 6.83. The molecular formula is C15H28O. The fourth-order valence-electron chi connectivity index (χ4n) is 3.09. The van der Waals surface area contributed by atoms with E-state index in [1.807, 2.05) is 6.08 Å². The molecule has 0 amide bonds. The molecule has 0 saturated heterocycles. The van der Waals surface area contributed by atoms with Gasteiger partial charge >= 0.3 is 0 Å². The molecule has 1 rings (SSSR count). The Kier molecular flexibility index (Phi) is 5.04. The Bertz CT molecular complexity index is 230. The predicted octanol–water partition coefficient (Wildman–Crippen LogP) is 4.17. The minimum Gasteiger partial charge on any atom is -0.389 e. The van der Waals surface area contributed by atoms with E-state index in [-0.39, 0.29) is 6.10 Å². The Labute approximate surface area is 101 Å². The molecule has 1 heteroatoms. The monoisotopic (exact) mass is 224 g/mol. The van der Waals surface area contributed by atoms with Crippen LogP contribution in [-0.2, 0) is 0 Å².